The Morgan fingerprint density at radius 3 is 2.47 bits per heavy atom. The fraction of sp³-hybridized carbons (Fsp3) is 0.364. The van der Waals surface area contributed by atoms with Gasteiger partial charge in [0.25, 0.3) is 0 Å². The number of piperazine rings is 1. The average Bonchev–Trinajstić information content (AvgIpc) is 3.50. The van der Waals surface area contributed by atoms with Crippen LogP contribution in [-0.2, 0) is 24.1 Å². The van der Waals surface area contributed by atoms with Crippen LogP contribution in [0.25, 0.3) is 27.5 Å². The van der Waals surface area contributed by atoms with Gasteiger partial charge in [-0.2, -0.15) is 0 Å². The molecule has 1 aliphatic heterocycles. The maximum absolute atomic E-state index is 13.1. The van der Waals surface area contributed by atoms with Gasteiger partial charge in [-0.3, -0.25) is 14.8 Å². The normalized spacial score (nSPS) is 15.3. The Morgan fingerprint density at radius 2 is 1.63 bits per heavy atom. The summed E-state index contributed by atoms with van der Waals surface area (Å²) in [6.07, 6.45) is 11.2. The molecular weight excluding hydrogens is 581 g/mol. The van der Waals surface area contributed by atoms with Crippen molar-refractivity contribution in [1.29, 1.82) is 0 Å². The monoisotopic (exact) mass is 613 g/mol. The Bertz CT molecular complexity index is 1810. The summed E-state index contributed by atoms with van der Waals surface area (Å²) in [5.74, 6) is 0.235. The molecule has 0 bridgehead atoms. The van der Waals surface area contributed by atoms with E-state index in [2.05, 4.69) is 26.3 Å². The fourth-order valence-electron chi connectivity index (χ4n) is 6.49. The van der Waals surface area contributed by atoms with Gasteiger partial charge in [-0.05, 0) is 93.0 Å². The first kappa shape index (κ1) is 28.0. The molecule has 0 N–H and O–H groups in total. The zero-order valence-corrected chi connectivity index (χ0v) is 25.5. The highest BCUT2D eigenvalue weighted by Crippen LogP contribution is 2.37. The fourth-order valence-corrected chi connectivity index (χ4v) is 6.82. The number of carbonyl (C=O) groups is 1. The summed E-state index contributed by atoms with van der Waals surface area (Å²) < 4.78 is 1.79. The second-order valence-corrected chi connectivity index (χ2v) is 12.3. The largest absolute Gasteiger partial charge is 0.367 e. The van der Waals surface area contributed by atoms with E-state index in [4.69, 9.17) is 28.2 Å². The molecule has 3 aromatic heterocycles. The van der Waals surface area contributed by atoms with E-state index in [0.29, 0.717) is 11.4 Å². The van der Waals surface area contributed by atoms with Crippen LogP contribution in [0, 0.1) is 0 Å². The van der Waals surface area contributed by atoms with Crippen molar-refractivity contribution in [3.05, 3.63) is 81.9 Å². The lowest BCUT2D eigenvalue weighted by atomic mass is 9.92. The molecule has 0 spiro atoms. The minimum atomic E-state index is 0.235. The van der Waals surface area contributed by atoms with E-state index < -0.39 is 0 Å². The van der Waals surface area contributed by atoms with E-state index in [9.17, 15) is 4.79 Å². The number of benzene rings is 2. The van der Waals surface area contributed by atoms with Gasteiger partial charge >= 0.3 is 0 Å². The number of pyridine rings is 2. The number of anilines is 1. The van der Waals surface area contributed by atoms with Crippen molar-refractivity contribution in [3.8, 4) is 5.69 Å². The molecular formula is C33H33Cl2N7O. The first-order chi connectivity index (χ1) is 21.0. The van der Waals surface area contributed by atoms with Crippen molar-refractivity contribution in [2.24, 2.45) is 0 Å². The van der Waals surface area contributed by atoms with Gasteiger partial charge in [0.15, 0.2) is 0 Å². The first-order valence-corrected chi connectivity index (χ1v) is 15.9. The zero-order chi connectivity index (χ0) is 29.3. The molecule has 2 aromatic carbocycles. The Morgan fingerprint density at radius 1 is 0.860 bits per heavy atom. The Balaban J connectivity index is 0.938. The summed E-state index contributed by atoms with van der Waals surface area (Å²) in [5, 5.41) is 12.2. The highest BCUT2D eigenvalue weighted by molar-refractivity contribution is 6.31. The van der Waals surface area contributed by atoms with E-state index >= 15 is 0 Å². The molecule has 1 aliphatic carbocycles. The topological polar surface area (TPSA) is 80.0 Å². The molecule has 4 heterocycles. The van der Waals surface area contributed by atoms with Gasteiger partial charge in [0.1, 0.15) is 0 Å². The molecule has 0 radical (unpaired) electrons. The molecule has 0 unspecified atom stereocenters. The van der Waals surface area contributed by atoms with E-state index in [1.54, 1.807) is 10.9 Å². The second kappa shape index (κ2) is 12.1. The molecule has 0 saturated carbocycles. The van der Waals surface area contributed by atoms with Crippen LogP contribution in [-0.4, -0.2) is 61.9 Å². The maximum Gasteiger partial charge on any atom is 0.222 e. The number of unbranched alkanes of at least 4 members (excludes halogenated alkanes) is 1. The van der Waals surface area contributed by atoms with Crippen LogP contribution in [0.2, 0.25) is 10.0 Å². The summed E-state index contributed by atoms with van der Waals surface area (Å²) in [6, 6.07) is 13.6. The Kier molecular flexibility index (Phi) is 7.89. The van der Waals surface area contributed by atoms with E-state index in [-0.39, 0.29) is 5.91 Å². The molecule has 5 aromatic rings. The summed E-state index contributed by atoms with van der Waals surface area (Å²) in [4.78, 5) is 27.0. The SMILES string of the molecule is O=C(CCCCc1cn(-c2ccnc3cc(Cl)ccc23)nn1)N1CCN(c2c3c(nc4cc(Cl)ccc24)CCCC3)CC1. The van der Waals surface area contributed by atoms with Crippen molar-refractivity contribution < 1.29 is 4.79 Å². The van der Waals surface area contributed by atoms with Gasteiger partial charge in [-0.1, -0.05) is 28.4 Å². The number of nitrogens with zero attached hydrogens (tertiary/aromatic N) is 7. The molecule has 7 rings (SSSR count). The third kappa shape index (κ3) is 5.78. The summed E-state index contributed by atoms with van der Waals surface area (Å²) in [7, 11) is 0. The predicted molar refractivity (Wildman–Crippen MR) is 171 cm³/mol. The number of hydrogen-bond donors (Lipinski definition) is 0. The van der Waals surface area contributed by atoms with Crippen LogP contribution in [0.15, 0.2) is 54.9 Å². The molecule has 220 valence electrons. The van der Waals surface area contributed by atoms with Crippen LogP contribution >= 0.6 is 23.2 Å². The molecule has 1 amide bonds. The number of fused-ring (bicyclic) bond motifs is 3. The van der Waals surface area contributed by atoms with Crippen molar-refractivity contribution in [2.75, 3.05) is 31.1 Å². The van der Waals surface area contributed by atoms with Gasteiger partial charge in [-0.25, -0.2) is 4.68 Å². The van der Waals surface area contributed by atoms with Crippen LogP contribution in [0.3, 0.4) is 0 Å². The Hall–Kier alpha value is -3.75. The van der Waals surface area contributed by atoms with Crippen molar-refractivity contribution in [2.45, 2.75) is 51.4 Å². The number of rotatable bonds is 7. The van der Waals surface area contributed by atoms with Crippen LogP contribution < -0.4 is 4.90 Å². The van der Waals surface area contributed by atoms with Crippen LogP contribution in [0.1, 0.15) is 49.1 Å². The second-order valence-electron chi connectivity index (χ2n) is 11.5. The first-order valence-electron chi connectivity index (χ1n) is 15.1. The third-order valence-corrected chi connectivity index (χ3v) is 9.16. The molecule has 1 saturated heterocycles. The van der Waals surface area contributed by atoms with E-state index in [0.717, 1.165) is 91.1 Å². The lowest BCUT2D eigenvalue weighted by Crippen LogP contribution is -2.49. The standard InChI is InChI=1S/C33H33Cl2N7O/c34-22-9-11-25-29(19-22)36-14-13-31(25)42-21-24(38-39-42)5-1-4-8-32(43)40-15-17-41(18-16-40)33-26-6-2-3-7-28(26)37-30-20-23(35)10-12-27(30)33/h9-14,19-21H,1-8,15-18H2. The van der Waals surface area contributed by atoms with E-state index in [1.165, 1.54) is 35.2 Å². The van der Waals surface area contributed by atoms with Gasteiger partial charge < -0.3 is 9.80 Å². The zero-order valence-electron chi connectivity index (χ0n) is 24.0. The van der Waals surface area contributed by atoms with Crippen LogP contribution in [0.4, 0.5) is 5.69 Å². The molecule has 43 heavy (non-hydrogen) atoms. The van der Waals surface area contributed by atoms with Crippen molar-refractivity contribution >= 4 is 56.6 Å². The highest BCUT2D eigenvalue weighted by atomic mass is 35.5. The van der Waals surface area contributed by atoms with Crippen molar-refractivity contribution in [1.82, 2.24) is 29.9 Å². The molecule has 8 nitrogen and oxygen atoms in total. The number of halogens is 2. The minimum Gasteiger partial charge on any atom is -0.367 e. The lowest BCUT2D eigenvalue weighted by molar-refractivity contribution is -0.131. The van der Waals surface area contributed by atoms with Crippen molar-refractivity contribution in [3.63, 3.8) is 0 Å². The summed E-state index contributed by atoms with van der Waals surface area (Å²) in [6.45, 7) is 3.15. The minimum absolute atomic E-state index is 0.235. The third-order valence-electron chi connectivity index (χ3n) is 8.69. The molecule has 10 heteroatoms. The summed E-state index contributed by atoms with van der Waals surface area (Å²) >= 11 is 12.5. The Labute approximate surface area is 260 Å². The number of hydrogen-bond acceptors (Lipinski definition) is 6. The molecule has 0 atom stereocenters. The number of amides is 1. The van der Waals surface area contributed by atoms with E-state index in [1.807, 2.05) is 47.5 Å². The number of carbonyl (C=O) groups excluding carboxylic acids is 1. The lowest BCUT2D eigenvalue weighted by Gasteiger charge is -2.38. The number of aryl methyl sites for hydroxylation is 2. The maximum atomic E-state index is 13.1. The van der Waals surface area contributed by atoms with Gasteiger partial charge in [0.05, 0.1) is 34.3 Å². The molecule has 1 fully saturated rings. The van der Waals surface area contributed by atoms with Gasteiger partial charge in [0.2, 0.25) is 5.91 Å². The smallest absolute Gasteiger partial charge is 0.222 e. The average molecular weight is 615 g/mol. The molecule has 2 aliphatic rings. The van der Waals surface area contributed by atoms with Gasteiger partial charge in [-0.15, -0.1) is 5.10 Å². The summed E-state index contributed by atoms with van der Waals surface area (Å²) in [5.41, 5.74) is 7.53. The van der Waals surface area contributed by atoms with Crippen LogP contribution in [0.5, 0.6) is 0 Å². The highest BCUT2D eigenvalue weighted by Gasteiger charge is 2.26. The van der Waals surface area contributed by atoms with Gasteiger partial charge in [0, 0.05) is 65.3 Å². The quantitative estimate of drug-likeness (QED) is 0.192. The predicted octanol–water partition coefficient (Wildman–Crippen LogP) is 6.61. The number of aromatic nitrogens is 5.